The van der Waals surface area contributed by atoms with Gasteiger partial charge >= 0.3 is 0 Å². The summed E-state index contributed by atoms with van der Waals surface area (Å²) in [5.41, 5.74) is 5.89. The van der Waals surface area contributed by atoms with E-state index in [-0.39, 0.29) is 0 Å². The number of nitrogen functional groups attached to an aromatic ring is 1. The van der Waals surface area contributed by atoms with Crippen LogP contribution in [0, 0.1) is 5.92 Å². The highest BCUT2D eigenvalue weighted by atomic mass is 32.1. The Balaban J connectivity index is 1.67. The van der Waals surface area contributed by atoms with Gasteiger partial charge in [-0.2, -0.15) is 4.98 Å². The zero-order valence-electron chi connectivity index (χ0n) is 12.3. The molecule has 0 aliphatic carbocycles. The molecule has 3 aliphatic heterocycles. The second kappa shape index (κ2) is 5.10. The van der Waals surface area contributed by atoms with Crippen molar-refractivity contribution in [2.75, 3.05) is 30.7 Å². The van der Waals surface area contributed by atoms with Crippen molar-refractivity contribution in [2.24, 2.45) is 5.92 Å². The lowest BCUT2D eigenvalue weighted by molar-refractivity contribution is 0.0974. The van der Waals surface area contributed by atoms with Crippen LogP contribution in [0.25, 0.3) is 10.2 Å². The normalized spacial score (nSPS) is 28.1. The largest absolute Gasteiger partial charge is 0.368 e. The lowest BCUT2D eigenvalue weighted by Gasteiger charge is -2.45. The number of rotatable bonds is 3. The fourth-order valence-electron chi connectivity index (χ4n) is 3.58. The van der Waals surface area contributed by atoms with E-state index in [1.165, 1.54) is 30.8 Å². The summed E-state index contributed by atoms with van der Waals surface area (Å²) in [6.45, 7) is 5.80. The van der Waals surface area contributed by atoms with Crippen LogP contribution in [0.1, 0.15) is 24.6 Å². The number of fused-ring (bicyclic) bond motifs is 4. The Morgan fingerprint density at radius 3 is 2.86 bits per heavy atom. The first-order chi connectivity index (χ1) is 10.2. The maximum absolute atomic E-state index is 5.89. The highest BCUT2D eigenvalue weighted by Gasteiger charge is 2.34. The minimum atomic E-state index is 0.371. The summed E-state index contributed by atoms with van der Waals surface area (Å²) >= 11 is 1.72. The number of aromatic nitrogens is 2. The lowest BCUT2D eigenvalue weighted by atomic mass is 9.84. The third kappa shape index (κ3) is 2.36. The minimum absolute atomic E-state index is 0.371. The Morgan fingerprint density at radius 2 is 2.19 bits per heavy atom. The van der Waals surface area contributed by atoms with E-state index in [1.807, 2.05) is 0 Å². The van der Waals surface area contributed by atoms with Crippen molar-refractivity contribution in [3.8, 4) is 0 Å². The number of aryl methyl sites for hydroxylation is 1. The SMILES string of the molecule is CCc1cc2c(NC3CN4CCC3CC4)nc(N)nc2s1. The van der Waals surface area contributed by atoms with Crippen LogP contribution in [-0.2, 0) is 6.42 Å². The number of thiophene rings is 1. The number of nitrogens with zero attached hydrogens (tertiary/aromatic N) is 3. The molecule has 0 saturated carbocycles. The van der Waals surface area contributed by atoms with Crippen LogP contribution in [-0.4, -0.2) is 40.5 Å². The van der Waals surface area contributed by atoms with E-state index >= 15 is 0 Å². The fourth-order valence-corrected chi connectivity index (χ4v) is 4.55. The van der Waals surface area contributed by atoms with Crippen molar-refractivity contribution in [3.63, 3.8) is 0 Å². The topological polar surface area (TPSA) is 67.1 Å². The lowest BCUT2D eigenvalue weighted by Crippen LogP contribution is -2.53. The summed E-state index contributed by atoms with van der Waals surface area (Å²) in [5.74, 6) is 2.06. The molecular weight excluding hydrogens is 282 g/mol. The number of hydrogen-bond donors (Lipinski definition) is 2. The molecule has 6 heteroatoms. The molecule has 0 aromatic carbocycles. The molecule has 112 valence electrons. The molecule has 0 radical (unpaired) electrons. The maximum atomic E-state index is 5.89. The van der Waals surface area contributed by atoms with E-state index in [2.05, 4.69) is 33.2 Å². The molecule has 1 atom stereocenters. The molecule has 2 aromatic heterocycles. The summed E-state index contributed by atoms with van der Waals surface area (Å²) in [7, 11) is 0. The van der Waals surface area contributed by atoms with E-state index in [0.717, 1.165) is 34.9 Å². The number of nitrogens with one attached hydrogen (secondary N) is 1. The minimum Gasteiger partial charge on any atom is -0.368 e. The number of piperidine rings is 3. The van der Waals surface area contributed by atoms with Gasteiger partial charge in [-0.25, -0.2) is 4.98 Å². The van der Waals surface area contributed by atoms with Crippen LogP contribution in [0.2, 0.25) is 0 Å². The molecule has 0 amide bonds. The molecular formula is C15H21N5S. The van der Waals surface area contributed by atoms with Crippen molar-refractivity contribution in [3.05, 3.63) is 10.9 Å². The molecule has 3 saturated heterocycles. The zero-order chi connectivity index (χ0) is 14.4. The Labute approximate surface area is 128 Å². The van der Waals surface area contributed by atoms with Gasteiger partial charge in [0.15, 0.2) is 0 Å². The quantitative estimate of drug-likeness (QED) is 0.911. The van der Waals surface area contributed by atoms with Gasteiger partial charge in [0.1, 0.15) is 10.6 Å². The number of nitrogens with two attached hydrogens (primary N) is 1. The van der Waals surface area contributed by atoms with Crippen molar-refractivity contribution in [1.29, 1.82) is 0 Å². The molecule has 5 rings (SSSR count). The van der Waals surface area contributed by atoms with Gasteiger partial charge in [0.2, 0.25) is 5.95 Å². The van der Waals surface area contributed by atoms with Gasteiger partial charge in [-0.15, -0.1) is 11.3 Å². The smallest absolute Gasteiger partial charge is 0.223 e. The van der Waals surface area contributed by atoms with Gasteiger partial charge in [-0.1, -0.05) is 6.92 Å². The van der Waals surface area contributed by atoms with E-state index in [4.69, 9.17) is 5.73 Å². The Hall–Kier alpha value is -1.40. The average molecular weight is 303 g/mol. The summed E-state index contributed by atoms with van der Waals surface area (Å²) < 4.78 is 0. The van der Waals surface area contributed by atoms with Gasteiger partial charge in [0, 0.05) is 17.5 Å². The van der Waals surface area contributed by atoms with Crippen molar-refractivity contribution in [1.82, 2.24) is 14.9 Å². The summed E-state index contributed by atoms with van der Waals surface area (Å²) in [5, 5.41) is 4.79. The van der Waals surface area contributed by atoms with Crippen LogP contribution < -0.4 is 11.1 Å². The molecule has 5 heterocycles. The first kappa shape index (κ1) is 13.3. The van der Waals surface area contributed by atoms with E-state index < -0.39 is 0 Å². The number of anilines is 2. The molecule has 1 unspecified atom stereocenters. The molecule has 5 nitrogen and oxygen atoms in total. The molecule has 21 heavy (non-hydrogen) atoms. The zero-order valence-corrected chi connectivity index (χ0v) is 13.1. The second-order valence-electron chi connectivity index (χ2n) is 6.10. The maximum Gasteiger partial charge on any atom is 0.223 e. The second-order valence-corrected chi connectivity index (χ2v) is 7.22. The molecule has 3 aliphatic rings. The van der Waals surface area contributed by atoms with Crippen LogP contribution in [0.3, 0.4) is 0 Å². The third-order valence-electron chi connectivity index (χ3n) is 4.79. The van der Waals surface area contributed by atoms with Crippen LogP contribution in [0.4, 0.5) is 11.8 Å². The van der Waals surface area contributed by atoms with Crippen LogP contribution >= 0.6 is 11.3 Å². The molecule has 2 aromatic rings. The summed E-state index contributed by atoms with van der Waals surface area (Å²) in [6.07, 6.45) is 3.62. The van der Waals surface area contributed by atoms with Crippen LogP contribution in [0.15, 0.2) is 6.07 Å². The fraction of sp³-hybridized carbons (Fsp3) is 0.600. The van der Waals surface area contributed by atoms with Gasteiger partial charge < -0.3 is 16.0 Å². The highest BCUT2D eigenvalue weighted by molar-refractivity contribution is 7.18. The van der Waals surface area contributed by atoms with Crippen molar-refractivity contribution < 1.29 is 0 Å². The van der Waals surface area contributed by atoms with Crippen LogP contribution in [0.5, 0.6) is 0 Å². The van der Waals surface area contributed by atoms with Crippen molar-refractivity contribution in [2.45, 2.75) is 32.2 Å². The van der Waals surface area contributed by atoms with Crippen molar-refractivity contribution >= 4 is 33.3 Å². The highest BCUT2D eigenvalue weighted by Crippen LogP contribution is 2.33. The average Bonchev–Trinajstić information content (AvgIpc) is 2.91. The third-order valence-corrected chi connectivity index (χ3v) is 5.96. The van der Waals surface area contributed by atoms with Gasteiger partial charge in [0.05, 0.1) is 5.39 Å². The first-order valence-corrected chi connectivity index (χ1v) is 8.59. The van der Waals surface area contributed by atoms with Gasteiger partial charge in [0.25, 0.3) is 0 Å². The van der Waals surface area contributed by atoms with E-state index in [1.54, 1.807) is 11.3 Å². The number of hydrogen-bond acceptors (Lipinski definition) is 6. The first-order valence-electron chi connectivity index (χ1n) is 7.77. The standard InChI is InChI=1S/C15H21N5S/c1-2-10-7-11-13(18-15(16)19-14(11)21-10)17-12-8-20-5-3-9(12)4-6-20/h7,9,12H,2-6,8H2,1H3,(H3,16,17,18,19). The van der Waals surface area contributed by atoms with Gasteiger partial charge in [-0.05, 0) is 44.3 Å². The Morgan fingerprint density at radius 1 is 1.38 bits per heavy atom. The Bertz CT molecular complexity index is 659. The van der Waals surface area contributed by atoms with Gasteiger partial charge in [-0.3, -0.25) is 0 Å². The molecule has 3 fully saturated rings. The summed E-state index contributed by atoms with van der Waals surface area (Å²) in [4.78, 5) is 13.7. The predicted molar refractivity (Wildman–Crippen MR) is 87.8 cm³/mol. The van der Waals surface area contributed by atoms with E-state index in [0.29, 0.717) is 12.0 Å². The molecule has 0 spiro atoms. The molecule has 3 N–H and O–H groups in total. The summed E-state index contributed by atoms with van der Waals surface area (Å²) in [6, 6.07) is 2.71. The Kier molecular flexibility index (Phi) is 3.23. The molecule has 2 bridgehead atoms. The monoisotopic (exact) mass is 303 g/mol. The predicted octanol–water partition coefficient (Wildman–Crippen LogP) is 2.34. The van der Waals surface area contributed by atoms with E-state index in [9.17, 15) is 0 Å².